The Morgan fingerprint density at radius 2 is 0.294 bits per heavy atom. The summed E-state index contributed by atoms with van der Waals surface area (Å²) >= 11 is 0. The van der Waals surface area contributed by atoms with Crippen LogP contribution in [0, 0.1) is 0 Å². The molecule has 6 aromatic heterocycles. The highest BCUT2D eigenvalue weighted by molar-refractivity contribution is 5.99. The van der Waals surface area contributed by atoms with Gasteiger partial charge in [0.05, 0.1) is 17.1 Å². The van der Waals surface area contributed by atoms with Crippen LogP contribution in [-0.4, -0.2) is 29.9 Å². The van der Waals surface area contributed by atoms with Gasteiger partial charge in [0.15, 0.2) is 0 Å². The zero-order chi connectivity index (χ0) is 93.8. The minimum absolute atomic E-state index is 0.160. The van der Waals surface area contributed by atoms with Crippen molar-refractivity contribution in [1.29, 1.82) is 0 Å². The second-order valence-corrected chi connectivity index (χ2v) is 35.6. The molecular weight excluding hydrogens is 1650 g/mol. The number of nitrogens with zero attached hydrogens (tertiary/aromatic N) is 6. The van der Waals surface area contributed by atoms with Crippen LogP contribution in [0.5, 0.6) is 0 Å². The summed E-state index contributed by atoms with van der Waals surface area (Å²) in [4.78, 5) is 24.3. The van der Waals surface area contributed by atoms with Crippen molar-refractivity contribution in [1.82, 2.24) is 29.9 Å². The van der Waals surface area contributed by atoms with E-state index in [9.17, 15) is 0 Å². The third-order valence-corrected chi connectivity index (χ3v) is 25.4. The summed E-state index contributed by atoms with van der Waals surface area (Å²) in [5.74, 6) is 0. The lowest BCUT2D eigenvalue weighted by Gasteiger charge is -2.20. The van der Waals surface area contributed by atoms with E-state index in [0.717, 1.165) is 33.8 Å². The Bertz CT molecular complexity index is 6420. The van der Waals surface area contributed by atoms with E-state index in [4.69, 9.17) is 0 Å². The topological polar surface area (TPSA) is 77.3 Å². The second-order valence-electron chi connectivity index (χ2n) is 35.6. The number of hydrogen-bond donors (Lipinski definition) is 0. The fourth-order valence-corrected chi connectivity index (χ4v) is 18.4. The summed E-state index contributed by atoms with van der Waals surface area (Å²) in [6.07, 6.45) is 15.9. The molecule has 0 amide bonds. The van der Waals surface area contributed by atoms with Crippen molar-refractivity contribution >= 4 is 43.1 Å². The number of fused-ring (bicyclic) bond motifs is 16. The largest absolute Gasteiger partial charge is 0.265 e. The van der Waals surface area contributed by atoms with Crippen LogP contribution in [0.3, 0.4) is 0 Å². The van der Waals surface area contributed by atoms with Gasteiger partial charge in [0.25, 0.3) is 0 Å². The Labute approximate surface area is 802 Å². The molecule has 6 nitrogen and oxygen atoms in total. The molecule has 136 heavy (non-hydrogen) atoms. The third kappa shape index (κ3) is 22.3. The predicted octanol–water partition coefficient (Wildman–Crippen LogP) is 33.8. The average Bonchev–Trinajstić information content (AvgIpc) is 1.60. The van der Waals surface area contributed by atoms with E-state index in [0.29, 0.717) is 0 Å². The molecule has 0 N–H and O–H groups in total. The zero-order valence-corrected chi connectivity index (χ0v) is 78.5. The van der Waals surface area contributed by atoms with E-state index in [1.807, 2.05) is 152 Å². The molecule has 4 aliphatic rings. The Kier molecular flexibility index (Phi) is 30.4. The van der Waals surface area contributed by atoms with Crippen LogP contribution in [0.1, 0.15) is 99.9 Å². The van der Waals surface area contributed by atoms with Crippen LogP contribution in [0.4, 0.5) is 0 Å². The van der Waals surface area contributed by atoms with Crippen molar-refractivity contribution < 1.29 is 0 Å². The van der Waals surface area contributed by atoms with Crippen LogP contribution in [-0.2, 0) is 21.7 Å². The first-order valence-electron chi connectivity index (χ1n) is 46.6. The molecule has 16 aromatic carbocycles. The third-order valence-electron chi connectivity index (χ3n) is 25.4. The van der Waals surface area contributed by atoms with Crippen molar-refractivity contribution in [2.75, 3.05) is 0 Å². The minimum atomic E-state index is 0.160. The van der Waals surface area contributed by atoms with E-state index >= 15 is 0 Å². The molecule has 22 aromatic rings. The Balaban J connectivity index is 0.000000110. The molecule has 26 rings (SSSR count). The highest BCUT2D eigenvalue weighted by Gasteiger charge is 2.38. The van der Waals surface area contributed by atoms with Gasteiger partial charge in [-0.05, 0) is 235 Å². The molecule has 0 saturated carbocycles. The summed E-state index contributed by atoms with van der Waals surface area (Å²) in [5, 5.41) is 10.5. The van der Waals surface area contributed by atoms with Gasteiger partial charge in [-0.2, -0.15) is 0 Å². The number of benzene rings is 16. The lowest BCUT2D eigenvalue weighted by atomic mass is 9.82. The van der Waals surface area contributed by atoms with E-state index in [1.54, 1.807) is 37.2 Å². The second kappa shape index (κ2) is 44.6. The number of hydrogen-bond acceptors (Lipinski definition) is 6. The molecule has 0 radical (unpaired) electrons. The quantitative estimate of drug-likeness (QED) is 0.164. The molecule has 0 aliphatic heterocycles. The van der Waals surface area contributed by atoms with E-state index in [-0.39, 0.29) is 21.7 Å². The van der Waals surface area contributed by atoms with Gasteiger partial charge in [0, 0.05) is 94.1 Å². The van der Waals surface area contributed by atoms with Gasteiger partial charge in [-0.1, -0.05) is 432 Å². The van der Waals surface area contributed by atoms with Gasteiger partial charge in [-0.25, -0.2) is 0 Å². The van der Waals surface area contributed by atoms with Crippen molar-refractivity contribution in [3.8, 4) is 78.3 Å². The van der Waals surface area contributed by atoms with Crippen LogP contribution in [0.2, 0.25) is 0 Å². The van der Waals surface area contributed by atoms with Crippen molar-refractivity contribution in [2.45, 2.75) is 77.0 Å². The smallest absolute Gasteiger partial charge is 0.0702 e. The summed E-state index contributed by atoms with van der Waals surface area (Å²) in [5.41, 5.74) is 29.8. The maximum absolute atomic E-state index is 4.36. The summed E-state index contributed by atoms with van der Waals surface area (Å²) in [7, 11) is 0. The highest BCUT2D eigenvalue weighted by Crippen LogP contribution is 2.52. The molecule has 0 atom stereocenters. The first kappa shape index (κ1) is 92.7. The van der Waals surface area contributed by atoms with Crippen LogP contribution in [0.25, 0.3) is 121 Å². The molecule has 4 aliphatic carbocycles. The first-order chi connectivity index (χ1) is 66.6. The lowest BCUT2D eigenvalue weighted by molar-refractivity contribution is 0.660. The fraction of sp³-hybridized carbons (Fsp3) is 0.0923. The van der Waals surface area contributed by atoms with Gasteiger partial charge in [-0.15, -0.1) is 0 Å². The molecule has 6 heteroatoms. The van der Waals surface area contributed by atoms with Crippen LogP contribution >= 0.6 is 0 Å². The number of rotatable bonds is 3. The normalized spacial score (nSPS) is 12.5. The SMILES string of the molecule is CC1(C)c2ccccc2-c2ccccc21.CC1(C)c2ccccc2-c2ccccc21.CC1(C)c2ccccc2-c2ccccc21.CC1(C)c2ccccc2-c2ccccc21.c1ccc(-c2cccc(-c3ccccn3)c2)nc1.c1ccc(-c2ccccn2)cc1.c1ccc2cc3ccccc3cc2c1.c1ccc2cc3ccccc3cc2c1.c1ccncc1.c1ccncc1.c1ccncc1. The first-order valence-corrected chi connectivity index (χ1v) is 46.6. The number of pyridine rings is 6. The average molecular weight is 1760 g/mol. The van der Waals surface area contributed by atoms with Crippen LogP contribution < -0.4 is 0 Å². The maximum Gasteiger partial charge on any atom is 0.0702 e. The molecular formula is C130H112N6. The molecule has 0 fully saturated rings. The minimum Gasteiger partial charge on any atom is -0.265 e. The Morgan fingerprint density at radius 3 is 0.478 bits per heavy atom. The number of aromatic nitrogens is 6. The Hall–Kier alpha value is -16.5. The lowest BCUT2D eigenvalue weighted by Crippen LogP contribution is -2.14. The van der Waals surface area contributed by atoms with Crippen molar-refractivity contribution in [3.63, 3.8) is 0 Å². The van der Waals surface area contributed by atoms with Crippen molar-refractivity contribution in [2.24, 2.45) is 0 Å². The van der Waals surface area contributed by atoms with E-state index in [2.05, 4.69) is 431 Å². The predicted molar refractivity (Wildman–Crippen MR) is 574 cm³/mol. The Morgan fingerprint density at radius 1 is 0.132 bits per heavy atom. The molecule has 662 valence electrons. The van der Waals surface area contributed by atoms with Gasteiger partial charge < -0.3 is 0 Å². The van der Waals surface area contributed by atoms with Gasteiger partial charge in [-0.3, -0.25) is 29.9 Å². The van der Waals surface area contributed by atoms with Gasteiger partial charge in [0.1, 0.15) is 0 Å². The zero-order valence-electron chi connectivity index (χ0n) is 78.5. The summed E-state index contributed by atoms with van der Waals surface area (Å²) < 4.78 is 0. The standard InChI is InChI=1S/C16H12N2.4C15H14.2C14H10.C11H9N.3C5H5N/c1-3-10-17-15(8-1)13-6-5-7-14(12-13)16-9-2-4-11-18-16;4*1-15(2)13-9-5-3-7-11(13)12-8-4-6-10-14(12)15;2*1-2-6-12-10-14-8-4-3-7-13(14)9-11(12)5-1;1-2-6-10(7-3-1)11-8-4-5-9-12-11;3*1-2-4-6-5-3-1/h1-12H;4*3-10H,1-2H3;2*1-10H;1-9H;3*1-5H. The van der Waals surface area contributed by atoms with Crippen LogP contribution in [0.15, 0.2) is 535 Å². The molecule has 6 heterocycles. The molecule has 0 bridgehead atoms. The molecule has 0 saturated heterocycles. The van der Waals surface area contributed by atoms with Gasteiger partial charge in [0.2, 0.25) is 0 Å². The monoisotopic (exact) mass is 1760 g/mol. The maximum atomic E-state index is 4.36. The fourth-order valence-electron chi connectivity index (χ4n) is 18.4. The van der Waals surface area contributed by atoms with Crippen molar-refractivity contribution in [3.05, 3.63) is 580 Å². The molecule has 0 unspecified atom stereocenters. The van der Waals surface area contributed by atoms with E-state index in [1.165, 1.54) is 132 Å². The van der Waals surface area contributed by atoms with E-state index < -0.39 is 0 Å². The molecule has 0 spiro atoms. The summed E-state index contributed by atoms with van der Waals surface area (Å²) in [6, 6.07) is 166. The van der Waals surface area contributed by atoms with Gasteiger partial charge >= 0.3 is 0 Å². The highest BCUT2D eigenvalue weighted by atomic mass is 14.7. The summed E-state index contributed by atoms with van der Waals surface area (Å²) in [6.45, 7) is 18.4.